The van der Waals surface area contributed by atoms with Crippen LogP contribution in [0.1, 0.15) is 5.69 Å². The van der Waals surface area contributed by atoms with Crippen molar-refractivity contribution in [1.29, 1.82) is 0 Å². The molecule has 0 aliphatic rings. The van der Waals surface area contributed by atoms with E-state index in [1.807, 2.05) is 25.2 Å². The average molecular weight is 271 g/mol. The summed E-state index contributed by atoms with van der Waals surface area (Å²) in [5.74, 6) is 1.65. The number of rotatable bonds is 4. The first-order valence-corrected chi connectivity index (χ1v) is 7.03. The Labute approximate surface area is 108 Å². The number of halogens is 1. The van der Waals surface area contributed by atoms with E-state index in [-0.39, 0.29) is 0 Å². The van der Waals surface area contributed by atoms with E-state index in [0.29, 0.717) is 0 Å². The highest BCUT2D eigenvalue weighted by Gasteiger charge is 2.04. The SMILES string of the molecule is CNc1ccc(Cl)c(CSc2cccs2)n1. The van der Waals surface area contributed by atoms with E-state index in [1.165, 1.54) is 4.21 Å². The van der Waals surface area contributed by atoms with Gasteiger partial charge in [0.1, 0.15) is 5.82 Å². The highest BCUT2D eigenvalue weighted by molar-refractivity contribution is 8.00. The molecule has 0 unspecified atom stereocenters. The Bertz CT molecular complexity index is 457. The Balaban J connectivity index is 2.08. The number of thiophene rings is 1. The Hall–Kier alpha value is -0.710. The molecule has 2 heterocycles. The van der Waals surface area contributed by atoms with Gasteiger partial charge in [-0.3, -0.25) is 0 Å². The van der Waals surface area contributed by atoms with Gasteiger partial charge in [-0.15, -0.1) is 23.1 Å². The number of nitrogens with zero attached hydrogens (tertiary/aromatic N) is 1. The summed E-state index contributed by atoms with van der Waals surface area (Å²) in [5.41, 5.74) is 0.923. The van der Waals surface area contributed by atoms with Crippen LogP contribution in [0.2, 0.25) is 5.02 Å². The van der Waals surface area contributed by atoms with E-state index in [4.69, 9.17) is 11.6 Å². The Morgan fingerprint density at radius 3 is 3.00 bits per heavy atom. The summed E-state index contributed by atoms with van der Waals surface area (Å²) in [6.07, 6.45) is 0. The van der Waals surface area contributed by atoms with E-state index < -0.39 is 0 Å². The van der Waals surface area contributed by atoms with Crippen LogP contribution in [0.4, 0.5) is 5.82 Å². The molecule has 0 aliphatic heterocycles. The van der Waals surface area contributed by atoms with Gasteiger partial charge in [-0.2, -0.15) is 0 Å². The maximum Gasteiger partial charge on any atom is 0.126 e. The van der Waals surface area contributed by atoms with Crippen molar-refractivity contribution >= 4 is 40.5 Å². The van der Waals surface area contributed by atoms with Gasteiger partial charge >= 0.3 is 0 Å². The molecule has 0 radical (unpaired) electrons. The number of hydrogen-bond donors (Lipinski definition) is 1. The Kier molecular flexibility index (Phi) is 4.09. The van der Waals surface area contributed by atoms with E-state index >= 15 is 0 Å². The van der Waals surface area contributed by atoms with Crippen LogP contribution in [0.3, 0.4) is 0 Å². The van der Waals surface area contributed by atoms with Crippen molar-refractivity contribution in [1.82, 2.24) is 4.98 Å². The summed E-state index contributed by atoms with van der Waals surface area (Å²) < 4.78 is 1.28. The Morgan fingerprint density at radius 2 is 2.31 bits per heavy atom. The Morgan fingerprint density at radius 1 is 1.44 bits per heavy atom. The molecular weight excluding hydrogens is 260 g/mol. The van der Waals surface area contributed by atoms with Crippen LogP contribution in [-0.2, 0) is 5.75 Å². The molecule has 2 aromatic rings. The van der Waals surface area contributed by atoms with Crippen LogP contribution >= 0.6 is 34.7 Å². The summed E-state index contributed by atoms with van der Waals surface area (Å²) in [6, 6.07) is 7.91. The van der Waals surface area contributed by atoms with Crippen molar-refractivity contribution in [2.75, 3.05) is 12.4 Å². The lowest BCUT2D eigenvalue weighted by Crippen LogP contribution is -1.96. The minimum absolute atomic E-state index is 0.725. The molecule has 2 rings (SSSR count). The maximum absolute atomic E-state index is 6.09. The third kappa shape index (κ3) is 2.90. The highest BCUT2D eigenvalue weighted by atomic mass is 35.5. The van der Waals surface area contributed by atoms with Gasteiger partial charge in [0.2, 0.25) is 0 Å². The van der Waals surface area contributed by atoms with Crippen LogP contribution < -0.4 is 5.32 Å². The number of pyridine rings is 1. The van der Waals surface area contributed by atoms with Crippen molar-refractivity contribution in [3.05, 3.63) is 40.4 Å². The van der Waals surface area contributed by atoms with E-state index in [1.54, 1.807) is 23.1 Å². The zero-order valence-electron chi connectivity index (χ0n) is 8.74. The maximum atomic E-state index is 6.09. The summed E-state index contributed by atoms with van der Waals surface area (Å²) >= 11 is 9.58. The second-order valence-electron chi connectivity index (χ2n) is 3.10. The first-order chi connectivity index (χ1) is 7.79. The van der Waals surface area contributed by atoms with Gasteiger partial charge in [-0.05, 0) is 23.6 Å². The predicted molar refractivity (Wildman–Crippen MR) is 72.7 cm³/mol. The van der Waals surface area contributed by atoms with Crippen LogP contribution in [0.25, 0.3) is 0 Å². The third-order valence-electron chi connectivity index (χ3n) is 2.02. The lowest BCUT2D eigenvalue weighted by molar-refractivity contribution is 1.17. The molecular formula is C11H11ClN2S2. The number of thioether (sulfide) groups is 1. The topological polar surface area (TPSA) is 24.9 Å². The molecule has 0 saturated carbocycles. The quantitative estimate of drug-likeness (QED) is 0.846. The van der Waals surface area contributed by atoms with Gasteiger partial charge in [0.05, 0.1) is 14.9 Å². The molecule has 0 spiro atoms. The lowest BCUT2D eigenvalue weighted by atomic mass is 10.3. The van der Waals surface area contributed by atoms with Gasteiger partial charge in [-0.1, -0.05) is 17.7 Å². The fourth-order valence-electron chi connectivity index (χ4n) is 1.21. The smallest absolute Gasteiger partial charge is 0.126 e. The van der Waals surface area contributed by atoms with Gasteiger partial charge in [0.15, 0.2) is 0 Å². The fraction of sp³-hybridized carbons (Fsp3) is 0.182. The van der Waals surface area contributed by atoms with E-state index in [0.717, 1.165) is 22.3 Å². The average Bonchev–Trinajstić information content (AvgIpc) is 2.81. The van der Waals surface area contributed by atoms with Crippen molar-refractivity contribution in [2.45, 2.75) is 9.96 Å². The number of nitrogens with one attached hydrogen (secondary N) is 1. The molecule has 1 N–H and O–H groups in total. The van der Waals surface area contributed by atoms with Crippen molar-refractivity contribution in [2.24, 2.45) is 0 Å². The number of hydrogen-bond acceptors (Lipinski definition) is 4. The molecule has 0 bridgehead atoms. The van der Waals surface area contributed by atoms with Crippen LogP contribution in [0, 0.1) is 0 Å². The van der Waals surface area contributed by atoms with Gasteiger partial charge in [0.25, 0.3) is 0 Å². The van der Waals surface area contributed by atoms with Crippen LogP contribution in [0.5, 0.6) is 0 Å². The highest BCUT2D eigenvalue weighted by Crippen LogP contribution is 2.29. The molecule has 16 heavy (non-hydrogen) atoms. The first kappa shape index (κ1) is 11.8. The van der Waals surface area contributed by atoms with Crippen LogP contribution in [0.15, 0.2) is 33.9 Å². The zero-order valence-corrected chi connectivity index (χ0v) is 11.1. The summed E-state index contributed by atoms with van der Waals surface area (Å²) in [4.78, 5) is 4.43. The summed E-state index contributed by atoms with van der Waals surface area (Å²) in [7, 11) is 1.85. The second-order valence-corrected chi connectivity index (χ2v) is 5.73. The minimum Gasteiger partial charge on any atom is -0.373 e. The van der Waals surface area contributed by atoms with Crippen molar-refractivity contribution < 1.29 is 0 Å². The number of aromatic nitrogens is 1. The second kappa shape index (κ2) is 5.57. The zero-order chi connectivity index (χ0) is 11.4. The molecule has 2 aromatic heterocycles. The molecule has 0 aromatic carbocycles. The largest absolute Gasteiger partial charge is 0.373 e. The molecule has 0 atom stereocenters. The van der Waals surface area contributed by atoms with Gasteiger partial charge < -0.3 is 5.32 Å². The monoisotopic (exact) mass is 270 g/mol. The molecule has 0 aliphatic carbocycles. The summed E-state index contributed by atoms with van der Waals surface area (Å²) in [6.45, 7) is 0. The molecule has 0 saturated heterocycles. The van der Waals surface area contributed by atoms with Crippen molar-refractivity contribution in [3.63, 3.8) is 0 Å². The lowest BCUT2D eigenvalue weighted by Gasteiger charge is -2.05. The first-order valence-electron chi connectivity index (χ1n) is 4.79. The van der Waals surface area contributed by atoms with Crippen LogP contribution in [-0.4, -0.2) is 12.0 Å². The molecule has 84 valence electrons. The molecule has 5 heteroatoms. The van der Waals surface area contributed by atoms with Gasteiger partial charge in [0, 0.05) is 12.8 Å². The summed E-state index contributed by atoms with van der Waals surface area (Å²) in [5, 5.41) is 5.81. The number of anilines is 1. The van der Waals surface area contributed by atoms with Crippen molar-refractivity contribution in [3.8, 4) is 0 Å². The normalized spacial score (nSPS) is 10.4. The fourth-order valence-corrected chi connectivity index (χ4v) is 3.20. The molecule has 0 amide bonds. The molecule has 0 fully saturated rings. The standard InChI is InChI=1S/C11H11ClN2S2/c1-13-10-5-4-8(12)9(14-10)7-16-11-3-2-6-15-11/h2-6H,7H2,1H3,(H,13,14). The van der Waals surface area contributed by atoms with Gasteiger partial charge in [-0.25, -0.2) is 4.98 Å². The predicted octanol–water partition coefficient (Wildman–Crippen LogP) is 4.13. The minimum atomic E-state index is 0.725. The molecule has 2 nitrogen and oxygen atoms in total. The van der Waals surface area contributed by atoms with E-state index in [9.17, 15) is 0 Å². The third-order valence-corrected chi connectivity index (χ3v) is 4.51. The van der Waals surface area contributed by atoms with E-state index in [2.05, 4.69) is 21.7 Å².